The van der Waals surface area contributed by atoms with Gasteiger partial charge in [0.1, 0.15) is 5.60 Å². The Bertz CT molecular complexity index is 866. The Labute approximate surface area is 161 Å². The molecule has 2 saturated carbocycles. The van der Waals surface area contributed by atoms with Crippen molar-refractivity contribution < 1.29 is 4.74 Å². The highest BCUT2D eigenvalue weighted by atomic mass is 16.5. The second-order valence-electron chi connectivity index (χ2n) is 7.83. The first-order valence-corrected chi connectivity index (χ1v) is 9.79. The van der Waals surface area contributed by atoms with Gasteiger partial charge in [0.05, 0.1) is 18.2 Å². The average Bonchev–Trinajstić information content (AvgIpc) is 2.72. The summed E-state index contributed by atoms with van der Waals surface area (Å²) in [6.07, 6.45) is 3.77. The van der Waals surface area contributed by atoms with Crippen molar-refractivity contribution in [3.8, 4) is 12.1 Å². The summed E-state index contributed by atoms with van der Waals surface area (Å²) in [6, 6.07) is 25.0. The highest BCUT2D eigenvalue weighted by Gasteiger charge is 2.75. The molecule has 0 aliphatic heterocycles. The second kappa shape index (κ2) is 6.84. The van der Waals surface area contributed by atoms with Crippen LogP contribution in [0.4, 0.5) is 0 Å². The molecule has 2 aromatic carbocycles. The summed E-state index contributed by atoms with van der Waals surface area (Å²) in [6.45, 7) is 2.03. The molecule has 2 fully saturated rings. The molecule has 0 heterocycles. The zero-order valence-corrected chi connectivity index (χ0v) is 15.6. The highest BCUT2D eigenvalue weighted by Crippen LogP contribution is 2.70. The van der Waals surface area contributed by atoms with Gasteiger partial charge in [-0.3, -0.25) is 0 Å². The van der Waals surface area contributed by atoms with Crippen molar-refractivity contribution in [3.63, 3.8) is 0 Å². The molecule has 2 aromatic rings. The first kappa shape index (κ1) is 17.8. The van der Waals surface area contributed by atoms with Crippen LogP contribution >= 0.6 is 0 Å². The molecule has 0 saturated heterocycles. The lowest BCUT2D eigenvalue weighted by Gasteiger charge is -2.65. The van der Waals surface area contributed by atoms with Gasteiger partial charge in [0, 0.05) is 11.8 Å². The van der Waals surface area contributed by atoms with Gasteiger partial charge in [-0.1, -0.05) is 73.5 Å². The third-order valence-electron chi connectivity index (χ3n) is 6.62. The van der Waals surface area contributed by atoms with Crippen molar-refractivity contribution in [1.29, 1.82) is 10.5 Å². The predicted molar refractivity (Wildman–Crippen MR) is 103 cm³/mol. The molecule has 0 bridgehead atoms. The van der Waals surface area contributed by atoms with Gasteiger partial charge in [-0.2, -0.15) is 10.5 Å². The van der Waals surface area contributed by atoms with Crippen LogP contribution in [0.5, 0.6) is 0 Å². The van der Waals surface area contributed by atoms with Crippen LogP contribution in [0.3, 0.4) is 0 Å². The molecular weight excluding hydrogens is 332 g/mol. The number of nitriles is 2. The molecule has 27 heavy (non-hydrogen) atoms. The molecule has 0 unspecified atom stereocenters. The number of nitrogens with zero attached hydrogens (tertiary/aromatic N) is 2. The van der Waals surface area contributed by atoms with Crippen LogP contribution in [-0.4, -0.2) is 5.60 Å². The van der Waals surface area contributed by atoms with E-state index in [1.807, 2.05) is 67.6 Å². The Morgan fingerprint density at radius 2 is 1.59 bits per heavy atom. The van der Waals surface area contributed by atoms with Crippen molar-refractivity contribution in [2.24, 2.45) is 11.3 Å². The lowest BCUT2D eigenvalue weighted by molar-refractivity contribution is -0.256. The molecular formula is C24H24N2O. The quantitative estimate of drug-likeness (QED) is 0.724. The molecule has 2 aliphatic rings. The molecule has 3 heteroatoms. The fourth-order valence-corrected chi connectivity index (χ4v) is 5.41. The molecule has 4 rings (SSSR count). The molecule has 0 radical (unpaired) electrons. The van der Waals surface area contributed by atoms with Crippen LogP contribution < -0.4 is 0 Å². The minimum absolute atomic E-state index is 0.0861. The van der Waals surface area contributed by atoms with Gasteiger partial charge in [-0.05, 0) is 30.9 Å². The van der Waals surface area contributed by atoms with Crippen molar-refractivity contribution in [3.05, 3.63) is 71.8 Å². The molecule has 0 N–H and O–H groups in total. The largest absolute Gasteiger partial charge is 0.364 e. The van der Waals surface area contributed by atoms with E-state index in [0.29, 0.717) is 0 Å². The molecule has 136 valence electrons. The SMILES string of the molecule is C[C@H](O[C@@]12CCCC[C@@H]1[C@H](c1ccccc1)C2(C#N)C#N)c1ccccc1. The van der Waals surface area contributed by atoms with Crippen LogP contribution in [0.15, 0.2) is 60.7 Å². The summed E-state index contributed by atoms with van der Waals surface area (Å²) in [5.41, 5.74) is 0.343. The maximum absolute atomic E-state index is 10.2. The Morgan fingerprint density at radius 1 is 0.963 bits per heavy atom. The van der Waals surface area contributed by atoms with Crippen molar-refractivity contribution in [2.45, 2.75) is 50.2 Å². The van der Waals surface area contributed by atoms with Gasteiger partial charge in [-0.25, -0.2) is 0 Å². The molecule has 0 aromatic heterocycles. The van der Waals surface area contributed by atoms with Gasteiger partial charge in [0.15, 0.2) is 5.41 Å². The van der Waals surface area contributed by atoms with Crippen LogP contribution in [0.1, 0.15) is 55.8 Å². The summed E-state index contributed by atoms with van der Waals surface area (Å²) in [4.78, 5) is 0. The normalized spacial score (nSPS) is 29.4. The minimum Gasteiger partial charge on any atom is -0.364 e. The molecule has 4 atom stereocenters. The molecule has 0 spiro atoms. The Morgan fingerprint density at radius 3 is 2.22 bits per heavy atom. The standard InChI is InChI=1S/C24H24N2O/c1-18(19-10-4-2-5-11-19)27-24-15-9-8-14-21(24)22(23(24,16-25)17-26)20-12-6-3-7-13-20/h2-7,10-13,18,21-22H,8-9,14-15H2,1H3/t18-,21+,22-,24-/m0/s1. The van der Waals surface area contributed by atoms with Crippen LogP contribution in [0.25, 0.3) is 0 Å². The van der Waals surface area contributed by atoms with Crippen molar-refractivity contribution in [2.75, 3.05) is 0 Å². The number of hydrogen-bond donors (Lipinski definition) is 0. The first-order chi connectivity index (χ1) is 13.2. The Hall–Kier alpha value is -2.62. The number of hydrogen-bond acceptors (Lipinski definition) is 3. The Kier molecular flexibility index (Phi) is 4.50. The summed E-state index contributed by atoms with van der Waals surface area (Å²) in [5.74, 6) is 0.121. The van der Waals surface area contributed by atoms with E-state index in [4.69, 9.17) is 4.74 Å². The van der Waals surface area contributed by atoms with E-state index in [1.165, 1.54) is 0 Å². The molecule has 2 aliphatic carbocycles. The first-order valence-electron chi connectivity index (χ1n) is 9.79. The van der Waals surface area contributed by atoms with E-state index in [-0.39, 0.29) is 17.9 Å². The monoisotopic (exact) mass is 356 g/mol. The number of ether oxygens (including phenoxy) is 1. The fraction of sp³-hybridized carbons (Fsp3) is 0.417. The van der Waals surface area contributed by atoms with E-state index in [0.717, 1.165) is 36.8 Å². The third-order valence-corrected chi connectivity index (χ3v) is 6.62. The van der Waals surface area contributed by atoms with E-state index in [9.17, 15) is 10.5 Å². The lowest BCUT2D eigenvalue weighted by atomic mass is 9.39. The van der Waals surface area contributed by atoms with Gasteiger partial charge in [0.2, 0.25) is 0 Å². The van der Waals surface area contributed by atoms with Crippen LogP contribution in [-0.2, 0) is 4.74 Å². The summed E-state index contributed by atoms with van der Waals surface area (Å²) < 4.78 is 6.67. The number of fused-ring (bicyclic) bond motifs is 1. The van der Waals surface area contributed by atoms with Gasteiger partial charge < -0.3 is 4.74 Å². The summed E-state index contributed by atoms with van der Waals surface area (Å²) in [5, 5.41) is 20.4. The predicted octanol–water partition coefficient (Wildman–Crippen LogP) is 5.52. The summed E-state index contributed by atoms with van der Waals surface area (Å²) in [7, 11) is 0. The zero-order chi connectivity index (χ0) is 18.9. The topological polar surface area (TPSA) is 56.8 Å². The lowest BCUT2D eigenvalue weighted by Crippen LogP contribution is -2.70. The average molecular weight is 356 g/mol. The van der Waals surface area contributed by atoms with Gasteiger partial charge >= 0.3 is 0 Å². The maximum atomic E-state index is 10.2. The third kappa shape index (κ3) is 2.50. The van der Waals surface area contributed by atoms with Crippen LogP contribution in [0, 0.1) is 34.0 Å². The van der Waals surface area contributed by atoms with E-state index in [1.54, 1.807) is 0 Å². The second-order valence-corrected chi connectivity index (χ2v) is 7.83. The van der Waals surface area contributed by atoms with Gasteiger partial charge in [-0.15, -0.1) is 0 Å². The van der Waals surface area contributed by atoms with Crippen molar-refractivity contribution >= 4 is 0 Å². The minimum atomic E-state index is -1.14. The van der Waals surface area contributed by atoms with E-state index in [2.05, 4.69) is 12.1 Å². The van der Waals surface area contributed by atoms with E-state index < -0.39 is 11.0 Å². The molecule has 0 amide bonds. The van der Waals surface area contributed by atoms with Crippen molar-refractivity contribution in [1.82, 2.24) is 0 Å². The number of rotatable bonds is 4. The fourth-order valence-electron chi connectivity index (χ4n) is 5.41. The van der Waals surface area contributed by atoms with Crippen LogP contribution in [0.2, 0.25) is 0 Å². The Balaban J connectivity index is 1.75. The van der Waals surface area contributed by atoms with E-state index >= 15 is 0 Å². The highest BCUT2D eigenvalue weighted by molar-refractivity contribution is 5.45. The van der Waals surface area contributed by atoms with Gasteiger partial charge in [0.25, 0.3) is 0 Å². The summed E-state index contributed by atoms with van der Waals surface area (Å²) >= 11 is 0. The smallest absolute Gasteiger partial charge is 0.179 e. The maximum Gasteiger partial charge on any atom is 0.179 e. The zero-order valence-electron chi connectivity index (χ0n) is 15.6. The number of benzene rings is 2. The molecule has 3 nitrogen and oxygen atoms in total.